The van der Waals surface area contributed by atoms with Gasteiger partial charge in [0.05, 0.1) is 18.5 Å². The lowest BCUT2D eigenvalue weighted by molar-refractivity contribution is -0.129. The van der Waals surface area contributed by atoms with Crippen LogP contribution in [0.2, 0.25) is 5.02 Å². The SMILES string of the molecule is C[C@@H](c1ccccc1)[C@@H](c1ncc(-c2ccc(Cl)cc2F)[nH]1)N1C(=O)N[C@H](c2ccc(OCCO)cc2)C1=O. The van der Waals surface area contributed by atoms with E-state index >= 15 is 0 Å². The summed E-state index contributed by atoms with van der Waals surface area (Å²) >= 11 is 5.91. The van der Waals surface area contributed by atoms with Crippen molar-refractivity contribution in [1.29, 1.82) is 0 Å². The molecule has 200 valence electrons. The summed E-state index contributed by atoms with van der Waals surface area (Å²) in [6.45, 7) is 1.94. The van der Waals surface area contributed by atoms with Crippen LogP contribution in [-0.4, -0.2) is 45.1 Å². The Balaban J connectivity index is 1.50. The van der Waals surface area contributed by atoms with E-state index in [1.807, 2.05) is 37.3 Å². The van der Waals surface area contributed by atoms with Gasteiger partial charge in [0.1, 0.15) is 36.1 Å². The summed E-state index contributed by atoms with van der Waals surface area (Å²) in [6, 6.07) is 18.3. The first-order chi connectivity index (χ1) is 18.9. The molecule has 0 aliphatic carbocycles. The number of hydrogen-bond acceptors (Lipinski definition) is 5. The quantitative estimate of drug-likeness (QED) is 0.243. The largest absolute Gasteiger partial charge is 0.491 e. The second kappa shape index (κ2) is 11.3. The van der Waals surface area contributed by atoms with E-state index in [2.05, 4.69) is 15.3 Å². The van der Waals surface area contributed by atoms with Gasteiger partial charge in [-0.1, -0.05) is 61.0 Å². The summed E-state index contributed by atoms with van der Waals surface area (Å²) < 4.78 is 20.0. The fraction of sp³-hybridized carbons (Fsp3) is 0.207. The van der Waals surface area contributed by atoms with Crippen molar-refractivity contribution in [2.24, 2.45) is 0 Å². The van der Waals surface area contributed by atoms with Crippen LogP contribution in [0.15, 0.2) is 79.0 Å². The standard InChI is InChI=1S/C29H26ClFN4O4/c1-17(18-5-3-2-4-6-18)26(27-32-16-24(33-27)22-12-9-20(30)15-23(22)31)35-28(37)25(34-29(35)38)19-7-10-21(11-8-19)39-14-13-36/h2-12,15-17,25-26,36H,13-14H2,1H3,(H,32,33)(H,34,38)/t17-,25+,26-/m0/s1. The molecule has 8 nitrogen and oxygen atoms in total. The monoisotopic (exact) mass is 548 g/mol. The molecule has 5 rings (SSSR count). The van der Waals surface area contributed by atoms with Crippen LogP contribution in [0.5, 0.6) is 5.75 Å². The zero-order valence-electron chi connectivity index (χ0n) is 21.0. The van der Waals surface area contributed by atoms with Crippen molar-refractivity contribution in [2.75, 3.05) is 13.2 Å². The Bertz CT molecular complexity index is 1480. The van der Waals surface area contributed by atoms with Crippen LogP contribution in [-0.2, 0) is 4.79 Å². The maximum absolute atomic E-state index is 14.6. The molecule has 1 aromatic heterocycles. The molecule has 3 amide bonds. The van der Waals surface area contributed by atoms with Gasteiger partial charge in [0, 0.05) is 16.5 Å². The first-order valence-electron chi connectivity index (χ1n) is 12.4. The topological polar surface area (TPSA) is 108 Å². The number of benzene rings is 3. The number of aliphatic hydroxyl groups excluding tert-OH is 1. The predicted molar refractivity (Wildman–Crippen MR) is 144 cm³/mol. The van der Waals surface area contributed by atoms with E-state index in [-0.39, 0.29) is 29.7 Å². The summed E-state index contributed by atoms with van der Waals surface area (Å²) in [5, 5.41) is 12.0. The third-order valence-electron chi connectivity index (χ3n) is 6.72. The van der Waals surface area contributed by atoms with Crippen molar-refractivity contribution >= 4 is 23.5 Å². The molecule has 0 bridgehead atoms. The van der Waals surface area contributed by atoms with Crippen LogP contribution in [0.1, 0.15) is 41.9 Å². The van der Waals surface area contributed by atoms with Gasteiger partial charge < -0.3 is 20.1 Å². The number of carbonyl (C=O) groups is 2. The van der Waals surface area contributed by atoms with Crippen molar-refractivity contribution in [1.82, 2.24) is 20.2 Å². The van der Waals surface area contributed by atoms with E-state index in [9.17, 15) is 14.0 Å². The van der Waals surface area contributed by atoms with Gasteiger partial charge in [-0.2, -0.15) is 0 Å². The predicted octanol–water partition coefficient (Wildman–Crippen LogP) is 5.38. The number of imide groups is 1. The van der Waals surface area contributed by atoms with Crippen LogP contribution < -0.4 is 10.1 Å². The number of nitrogens with one attached hydrogen (secondary N) is 2. The van der Waals surface area contributed by atoms with E-state index in [4.69, 9.17) is 21.4 Å². The van der Waals surface area contributed by atoms with Crippen LogP contribution in [0.3, 0.4) is 0 Å². The van der Waals surface area contributed by atoms with E-state index in [0.717, 1.165) is 5.56 Å². The highest BCUT2D eigenvalue weighted by Gasteiger charge is 2.46. The summed E-state index contributed by atoms with van der Waals surface area (Å²) in [7, 11) is 0. The summed E-state index contributed by atoms with van der Waals surface area (Å²) in [4.78, 5) is 35.9. The van der Waals surface area contributed by atoms with Gasteiger partial charge in [-0.25, -0.2) is 14.2 Å². The average molecular weight is 549 g/mol. The molecule has 0 radical (unpaired) electrons. The van der Waals surface area contributed by atoms with Gasteiger partial charge in [-0.05, 0) is 41.5 Å². The fourth-order valence-corrected chi connectivity index (χ4v) is 4.92. The van der Waals surface area contributed by atoms with Crippen LogP contribution in [0.4, 0.5) is 9.18 Å². The van der Waals surface area contributed by atoms with Crippen LogP contribution >= 0.6 is 11.6 Å². The molecule has 1 saturated heterocycles. The van der Waals surface area contributed by atoms with Gasteiger partial charge >= 0.3 is 6.03 Å². The molecule has 3 aromatic carbocycles. The number of carbonyl (C=O) groups excluding carboxylic acids is 2. The number of urea groups is 1. The highest BCUT2D eigenvalue weighted by Crippen LogP contribution is 2.39. The number of aromatic amines is 1. The Morgan fingerprint density at radius 2 is 1.85 bits per heavy atom. The molecular weight excluding hydrogens is 523 g/mol. The van der Waals surface area contributed by atoms with Crippen molar-refractivity contribution < 1.29 is 23.8 Å². The van der Waals surface area contributed by atoms with E-state index in [1.54, 1.807) is 36.4 Å². The smallest absolute Gasteiger partial charge is 0.325 e. The van der Waals surface area contributed by atoms with Gasteiger partial charge in [-0.15, -0.1) is 0 Å². The number of rotatable bonds is 9. The van der Waals surface area contributed by atoms with Gasteiger partial charge in [0.2, 0.25) is 0 Å². The lowest BCUT2D eigenvalue weighted by Gasteiger charge is -2.29. The first-order valence-corrected chi connectivity index (χ1v) is 12.8. The molecule has 39 heavy (non-hydrogen) atoms. The number of amides is 3. The van der Waals surface area contributed by atoms with Crippen LogP contribution in [0.25, 0.3) is 11.3 Å². The Morgan fingerprint density at radius 1 is 1.10 bits per heavy atom. The van der Waals surface area contributed by atoms with E-state index in [0.29, 0.717) is 22.8 Å². The minimum Gasteiger partial charge on any atom is -0.491 e. The molecule has 2 heterocycles. The zero-order chi connectivity index (χ0) is 27.5. The Hall–Kier alpha value is -4.21. The van der Waals surface area contributed by atoms with Crippen molar-refractivity contribution in [3.63, 3.8) is 0 Å². The highest BCUT2D eigenvalue weighted by atomic mass is 35.5. The Labute approximate surface area is 229 Å². The number of halogens is 2. The number of hydrogen-bond donors (Lipinski definition) is 3. The molecule has 4 aromatic rings. The number of aromatic nitrogens is 2. The van der Waals surface area contributed by atoms with E-state index < -0.39 is 29.8 Å². The molecule has 1 aliphatic rings. The van der Waals surface area contributed by atoms with Gasteiger partial charge in [0.25, 0.3) is 5.91 Å². The molecular formula is C29H26ClFN4O4. The summed E-state index contributed by atoms with van der Waals surface area (Å²) in [5.74, 6) is -0.426. The van der Waals surface area contributed by atoms with E-state index in [1.165, 1.54) is 17.2 Å². The summed E-state index contributed by atoms with van der Waals surface area (Å²) in [5.41, 5.74) is 2.14. The second-order valence-electron chi connectivity index (χ2n) is 9.18. The van der Waals surface area contributed by atoms with Crippen molar-refractivity contribution in [3.8, 4) is 17.0 Å². The zero-order valence-corrected chi connectivity index (χ0v) is 21.7. The lowest BCUT2D eigenvalue weighted by atomic mass is 9.91. The second-order valence-corrected chi connectivity index (χ2v) is 9.62. The maximum Gasteiger partial charge on any atom is 0.325 e. The molecule has 1 fully saturated rings. The first kappa shape index (κ1) is 26.4. The van der Waals surface area contributed by atoms with Crippen LogP contribution in [0, 0.1) is 5.82 Å². The lowest BCUT2D eigenvalue weighted by Crippen LogP contribution is -2.38. The molecule has 0 saturated carbocycles. The highest BCUT2D eigenvalue weighted by molar-refractivity contribution is 6.30. The Morgan fingerprint density at radius 3 is 2.54 bits per heavy atom. The van der Waals surface area contributed by atoms with Gasteiger partial charge in [-0.3, -0.25) is 9.69 Å². The molecule has 0 unspecified atom stereocenters. The summed E-state index contributed by atoms with van der Waals surface area (Å²) in [6.07, 6.45) is 1.48. The third kappa shape index (κ3) is 5.36. The number of aliphatic hydroxyl groups is 1. The molecule has 3 N–H and O–H groups in total. The number of imidazole rings is 1. The molecule has 1 aliphatic heterocycles. The molecule has 0 spiro atoms. The minimum absolute atomic E-state index is 0.117. The molecule has 3 atom stereocenters. The van der Waals surface area contributed by atoms with Crippen molar-refractivity contribution in [2.45, 2.75) is 24.9 Å². The fourth-order valence-electron chi connectivity index (χ4n) is 4.76. The average Bonchev–Trinajstić information content (AvgIpc) is 3.53. The maximum atomic E-state index is 14.6. The normalized spacial score (nSPS) is 16.7. The third-order valence-corrected chi connectivity index (χ3v) is 6.95. The van der Waals surface area contributed by atoms with Crippen molar-refractivity contribution in [3.05, 3.63) is 107 Å². The Kier molecular flexibility index (Phi) is 7.63. The number of H-pyrrole nitrogens is 1. The minimum atomic E-state index is -0.905. The molecule has 10 heteroatoms. The number of ether oxygens (including phenoxy) is 1. The van der Waals surface area contributed by atoms with Gasteiger partial charge in [0.15, 0.2) is 0 Å². The number of nitrogens with zero attached hydrogens (tertiary/aromatic N) is 2.